The van der Waals surface area contributed by atoms with E-state index in [1.54, 1.807) is 0 Å². The van der Waals surface area contributed by atoms with Crippen LogP contribution < -0.4 is 21.9 Å². The van der Waals surface area contributed by atoms with E-state index in [2.05, 4.69) is 20.3 Å². The van der Waals surface area contributed by atoms with Crippen LogP contribution in [-0.2, 0) is 11.2 Å². The molecule has 1 saturated heterocycles. The van der Waals surface area contributed by atoms with Crippen molar-refractivity contribution in [2.24, 2.45) is 17.5 Å². The maximum Gasteiger partial charge on any atom is 0.222 e. The van der Waals surface area contributed by atoms with Crippen LogP contribution in [0.1, 0.15) is 18.9 Å². The fraction of sp³-hybridized carbons (Fsp3) is 0.545. The summed E-state index contributed by atoms with van der Waals surface area (Å²) in [4.78, 5) is 21.6. The lowest BCUT2D eigenvalue weighted by atomic mass is 10.1. The van der Waals surface area contributed by atoms with Crippen LogP contribution in [-0.4, -0.2) is 29.0 Å². The van der Waals surface area contributed by atoms with E-state index in [1.165, 1.54) is 6.33 Å². The molecule has 1 fully saturated rings. The molecule has 0 bridgehead atoms. The van der Waals surface area contributed by atoms with Crippen LogP contribution in [0.2, 0.25) is 0 Å². The van der Waals surface area contributed by atoms with E-state index in [-0.39, 0.29) is 11.8 Å². The third kappa shape index (κ3) is 2.21. The second-order valence-electron chi connectivity index (χ2n) is 4.36. The monoisotopic (exact) mass is 250 g/mol. The van der Waals surface area contributed by atoms with Crippen molar-refractivity contribution in [3.05, 3.63) is 11.9 Å². The predicted molar refractivity (Wildman–Crippen MR) is 68.7 cm³/mol. The zero-order chi connectivity index (χ0) is 13.1. The van der Waals surface area contributed by atoms with Crippen LogP contribution >= 0.6 is 0 Å². The summed E-state index contributed by atoms with van der Waals surface area (Å²) in [5.74, 6) is 6.56. The maximum atomic E-state index is 11.2. The Bertz CT molecular complexity index is 449. The Kier molecular flexibility index (Phi) is 3.61. The number of carbonyl (C=O) groups excluding carboxylic acids is 1. The number of aromatic nitrogens is 2. The molecule has 7 heteroatoms. The molecule has 2 rings (SSSR count). The first kappa shape index (κ1) is 12.6. The number of nitrogens with zero attached hydrogens (tertiary/aromatic N) is 3. The van der Waals surface area contributed by atoms with Crippen molar-refractivity contribution in [2.75, 3.05) is 23.4 Å². The quantitative estimate of drug-likeness (QED) is 0.497. The molecule has 2 heterocycles. The van der Waals surface area contributed by atoms with Crippen molar-refractivity contribution in [3.8, 4) is 0 Å². The van der Waals surface area contributed by atoms with E-state index in [0.29, 0.717) is 12.4 Å². The Labute approximate surface area is 106 Å². The Morgan fingerprint density at radius 2 is 2.39 bits per heavy atom. The molecular formula is C11H18N6O. The second-order valence-corrected chi connectivity index (χ2v) is 4.36. The molecule has 0 spiro atoms. The third-order valence-electron chi connectivity index (χ3n) is 3.30. The zero-order valence-corrected chi connectivity index (χ0v) is 10.4. The summed E-state index contributed by atoms with van der Waals surface area (Å²) in [6.45, 7) is 3.41. The number of carbonyl (C=O) groups is 1. The first-order chi connectivity index (χ1) is 8.67. The zero-order valence-electron chi connectivity index (χ0n) is 10.4. The van der Waals surface area contributed by atoms with E-state index in [1.807, 2.05) is 6.92 Å². The summed E-state index contributed by atoms with van der Waals surface area (Å²) in [7, 11) is 0. The highest BCUT2D eigenvalue weighted by Crippen LogP contribution is 2.28. The van der Waals surface area contributed by atoms with Gasteiger partial charge in [-0.3, -0.25) is 4.79 Å². The highest BCUT2D eigenvalue weighted by Gasteiger charge is 2.29. The number of nitrogen functional groups attached to an aromatic ring is 1. The lowest BCUT2D eigenvalue weighted by Crippen LogP contribution is -2.28. The van der Waals surface area contributed by atoms with Gasteiger partial charge in [0.1, 0.15) is 18.0 Å². The van der Waals surface area contributed by atoms with Gasteiger partial charge >= 0.3 is 0 Å². The first-order valence-electron chi connectivity index (χ1n) is 6.02. The van der Waals surface area contributed by atoms with Crippen molar-refractivity contribution in [1.82, 2.24) is 9.97 Å². The Hall–Kier alpha value is -1.89. The minimum atomic E-state index is -0.248. The van der Waals surface area contributed by atoms with Gasteiger partial charge < -0.3 is 16.1 Å². The fourth-order valence-electron chi connectivity index (χ4n) is 2.31. The number of primary amides is 1. The van der Waals surface area contributed by atoms with Gasteiger partial charge in [-0.1, -0.05) is 6.92 Å². The number of rotatable bonds is 4. The molecule has 1 aliphatic rings. The number of hydrogen-bond donors (Lipinski definition) is 3. The van der Waals surface area contributed by atoms with Gasteiger partial charge in [0.05, 0.1) is 5.92 Å². The summed E-state index contributed by atoms with van der Waals surface area (Å²) in [5, 5.41) is 0. The normalized spacial score (nSPS) is 19.0. The molecule has 1 amide bonds. The van der Waals surface area contributed by atoms with Crippen LogP contribution in [0.3, 0.4) is 0 Å². The number of nitrogens with one attached hydrogen (secondary N) is 1. The van der Waals surface area contributed by atoms with Crippen molar-refractivity contribution in [3.63, 3.8) is 0 Å². The first-order valence-corrected chi connectivity index (χ1v) is 6.02. The maximum absolute atomic E-state index is 11.2. The van der Waals surface area contributed by atoms with Gasteiger partial charge in [-0.2, -0.15) is 0 Å². The predicted octanol–water partition coefficient (Wildman–Crippen LogP) is -0.364. The van der Waals surface area contributed by atoms with Gasteiger partial charge in [0, 0.05) is 18.7 Å². The molecule has 18 heavy (non-hydrogen) atoms. The number of hydrazine groups is 1. The number of nitrogens with two attached hydrogens (primary N) is 2. The van der Waals surface area contributed by atoms with Gasteiger partial charge in [-0.15, -0.1) is 0 Å². The van der Waals surface area contributed by atoms with Crippen molar-refractivity contribution < 1.29 is 4.79 Å². The molecule has 0 aromatic carbocycles. The van der Waals surface area contributed by atoms with Crippen molar-refractivity contribution in [1.29, 1.82) is 0 Å². The second kappa shape index (κ2) is 5.18. The van der Waals surface area contributed by atoms with E-state index in [9.17, 15) is 4.79 Å². The standard InChI is InChI=1S/C11H18N6O/c1-2-8-10(16-13)14-6-15-11(8)17-4-3-7(5-17)9(12)18/h6-7H,2-5,13H2,1H3,(H2,12,18)(H,14,15,16). The fourth-order valence-corrected chi connectivity index (χ4v) is 2.31. The summed E-state index contributed by atoms with van der Waals surface area (Å²) in [6.07, 6.45) is 3.02. The van der Waals surface area contributed by atoms with E-state index in [0.717, 1.165) is 30.8 Å². The number of amides is 1. The molecule has 7 nitrogen and oxygen atoms in total. The molecule has 5 N–H and O–H groups in total. The molecule has 1 unspecified atom stereocenters. The van der Waals surface area contributed by atoms with Gasteiger partial charge in [0.2, 0.25) is 5.91 Å². The van der Waals surface area contributed by atoms with E-state index >= 15 is 0 Å². The lowest BCUT2D eigenvalue weighted by Gasteiger charge is -2.21. The van der Waals surface area contributed by atoms with Gasteiger partial charge in [-0.05, 0) is 12.8 Å². The highest BCUT2D eigenvalue weighted by atomic mass is 16.1. The molecule has 98 valence electrons. The van der Waals surface area contributed by atoms with Crippen LogP contribution in [0.4, 0.5) is 11.6 Å². The average molecular weight is 250 g/mol. The summed E-state index contributed by atoms with van der Waals surface area (Å²) in [5.41, 5.74) is 8.87. The lowest BCUT2D eigenvalue weighted by molar-refractivity contribution is -0.121. The topological polar surface area (TPSA) is 110 Å². The SMILES string of the molecule is CCc1c(NN)ncnc1N1CCC(C(N)=O)C1. The largest absolute Gasteiger partial charge is 0.369 e. The van der Waals surface area contributed by atoms with Crippen LogP contribution in [0, 0.1) is 5.92 Å². The van der Waals surface area contributed by atoms with Crippen molar-refractivity contribution >= 4 is 17.5 Å². The third-order valence-corrected chi connectivity index (χ3v) is 3.30. The Morgan fingerprint density at radius 3 is 2.94 bits per heavy atom. The highest BCUT2D eigenvalue weighted by molar-refractivity contribution is 5.78. The minimum Gasteiger partial charge on any atom is -0.369 e. The number of hydrogen-bond acceptors (Lipinski definition) is 6. The number of anilines is 2. The summed E-state index contributed by atoms with van der Waals surface area (Å²) in [6, 6.07) is 0. The van der Waals surface area contributed by atoms with E-state index in [4.69, 9.17) is 11.6 Å². The molecular weight excluding hydrogens is 232 g/mol. The molecule has 1 aliphatic heterocycles. The average Bonchev–Trinajstić information content (AvgIpc) is 2.87. The smallest absolute Gasteiger partial charge is 0.222 e. The molecule has 1 aromatic heterocycles. The van der Waals surface area contributed by atoms with Crippen LogP contribution in [0.15, 0.2) is 6.33 Å². The summed E-state index contributed by atoms with van der Waals surface area (Å²) < 4.78 is 0. The van der Waals surface area contributed by atoms with Gasteiger partial charge in [0.25, 0.3) is 0 Å². The van der Waals surface area contributed by atoms with Crippen molar-refractivity contribution in [2.45, 2.75) is 19.8 Å². The van der Waals surface area contributed by atoms with Gasteiger partial charge in [-0.25, -0.2) is 15.8 Å². The Balaban J connectivity index is 2.26. The Morgan fingerprint density at radius 1 is 1.61 bits per heavy atom. The molecule has 0 radical (unpaired) electrons. The molecule has 1 aromatic rings. The minimum absolute atomic E-state index is 0.0982. The molecule has 0 aliphatic carbocycles. The molecule has 1 atom stereocenters. The van der Waals surface area contributed by atoms with E-state index < -0.39 is 0 Å². The summed E-state index contributed by atoms with van der Waals surface area (Å²) >= 11 is 0. The molecule has 0 saturated carbocycles. The van der Waals surface area contributed by atoms with Gasteiger partial charge in [0.15, 0.2) is 0 Å². The van der Waals surface area contributed by atoms with Crippen LogP contribution in [0.25, 0.3) is 0 Å². The van der Waals surface area contributed by atoms with Crippen LogP contribution in [0.5, 0.6) is 0 Å².